The third kappa shape index (κ3) is 4.46. The van der Waals surface area contributed by atoms with Crippen molar-refractivity contribution in [3.63, 3.8) is 0 Å². The number of carbonyl (C=O) groups excluding carboxylic acids is 1. The number of fused-ring (bicyclic) bond motifs is 1. The Balaban J connectivity index is 1.52. The molecule has 0 radical (unpaired) electrons. The van der Waals surface area contributed by atoms with Gasteiger partial charge in [-0.05, 0) is 61.5 Å². The minimum atomic E-state index is -0.239. The summed E-state index contributed by atoms with van der Waals surface area (Å²) < 4.78 is 5.80. The first-order valence-corrected chi connectivity index (χ1v) is 9.72. The molecule has 31 heavy (non-hydrogen) atoms. The van der Waals surface area contributed by atoms with Crippen molar-refractivity contribution < 1.29 is 9.53 Å². The van der Waals surface area contributed by atoms with Crippen LogP contribution >= 0.6 is 0 Å². The van der Waals surface area contributed by atoms with E-state index in [0.717, 1.165) is 22.2 Å². The topological polar surface area (TPSA) is 101 Å². The van der Waals surface area contributed by atoms with E-state index in [1.165, 1.54) is 0 Å². The third-order valence-electron chi connectivity index (χ3n) is 4.87. The number of ether oxygens (including phenoxy) is 1. The van der Waals surface area contributed by atoms with Gasteiger partial charge in [0, 0.05) is 33.6 Å². The molecule has 1 heterocycles. The first kappa shape index (κ1) is 19.9. The zero-order chi connectivity index (χ0) is 21.8. The van der Waals surface area contributed by atoms with Gasteiger partial charge in [0.15, 0.2) is 0 Å². The van der Waals surface area contributed by atoms with Crippen LogP contribution in [0, 0.1) is 18.3 Å². The molecule has 3 aromatic carbocycles. The lowest BCUT2D eigenvalue weighted by molar-refractivity contribution is 0.102. The molecule has 1 aromatic heterocycles. The maximum absolute atomic E-state index is 13.0. The lowest BCUT2D eigenvalue weighted by atomic mass is 10.1. The van der Waals surface area contributed by atoms with E-state index < -0.39 is 0 Å². The number of benzene rings is 3. The maximum Gasteiger partial charge on any atom is 0.256 e. The number of hydrogen-bond acceptors (Lipinski definition) is 5. The summed E-state index contributed by atoms with van der Waals surface area (Å²) in [5.41, 5.74) is 10.8. The number of nitrogens with zero attached hydrogens (tertiary/aromatic N) is 2. The Morgan fingerprint density at radius 3 is 2.65 bits per heavy atom. The number of aryl methyl sites for hydroxylation is 1. The highest BCUT2D eigenvalue weighted by Gasteiger charge is 2.13. The van der Waals surface area contributed by atoms with Crippen molar-refractivity contribution in [1.29, 1.82) is 5.26 Å². The van der Waals surface area contributed by atoms with Crippen LogP contribution in [0.4, 0.5) is 11.4 Å². The molecule has 3 N–H and O–H groups in total. The lowest BCUT2D eigenvalue weighted by Crippen LogP contribution is -2.15. The van der Waals surface area contributed by atoms with Crippen LogP contribution in [0.5, 0.6) is 5.75 Å². The fourth-order valence-electron chi connectivity index (χ4n) is 3.32. The molecule has 0 aliphatic carbocycles. The molecule has 0 fully saturated rings. The predicted molar refractivity (Wildman–Crippen MR) is 121 cm³/mol. The molecule has 0 aliphatic heterocycles. The van der Waals surface area contributed by atoms with Gasteiger partial charge < -0.3 is 15.8 Å². The minimum Gasteiger partial charge on any atom is -0.489 e. The van der Waals surface area contributed by atoms with Gasteiger partial charge in [-0.25, -0.2) is 0 Å². The average Bonchev–Trinajstić information content (AvgIpc) is 2.78. The molecule has 152 valence electrons. The van der Waals surface area contributed by atoms with Gasteiger partial charge in [-0.3, -0.25) is 9.78 Å². The standard InChI is InChI=1S/C25H20N4O2/c1-16-12-23(27)22-13-19(8-11-24(22)28-16)29-25(30)21-5-3-2-4-18(21)15-31-20-9-6-17(14-26)7-10-20/h2-13H,15H2,1H3,(H2,27,28)(H,29,30). The van der Waals surface area contributed by atoms with Crippen molar-refractivity contribution in [2.24, 2.45) is 0 Å². The molecule has 0 atom stereocenters. The lowest BCUT2D eigenvalue weighted by Gasteiger charge is -2.12. The van der Waals surface area contributed by atoms with Crippen molar-refractivity contribution >= 4 is 28.2 Å². The van der Waals surface area contributed by atoms with Gasteiger partial charge >= 0.3 is 0 Å². The number of nitrogens with two attached hydrogens (primary N) is 1. The SMILES string of the molecule is Cc1cc(N)c2cc(NC(=O)c3ccccc3COc3ccc(C#N)cc3)ccc2n1. The van der Waals surface area contributed by atoms with E-state index in [9.17, 15) is 4.79 Å². The molecular formula is C25H20N4O2. The van der Waals surface area contributed by atoms with Crippen LogP contribution < -0.4 is 15.8 Å². The number of nitriles is 1. The number of hydrogen-bond donors (Lipinski definition) is 2. The number of nitrogen functional groups attached to an aromatic ring is 1. The van der Waals surface area contributed by atoms with Crippen molar-refractivity contribution in [2.75, 3.05) is 11.1 Å². The molecule has 4 aromatic rings. The third-order valence-corrected chi connectivity index (χ3v) is 4.87. The van der Waals surface area contributed by atoms with Gasteiger partial charge in [0.25, 0.3) is 5.91 Å². The summed E-state index contributed by atoms with van der Waals surface area (Å²) in [6.45, 7) is 2.12. The maximum atomic E-state index is 13.0. The summed E-state index contributed by atoms with van der Waals surface area (Å²) in [7, 11) is 0. The van der Waals surface area contributed by atoms with E-state index in [-0.39, 0.29) is 12.5 Å². The van der Waals surface area contributed by atoms with Crippen LogP contribution in [-0.4, -0.2) is 10.9 Å². The predicted octanol–water partition coefficient (Wildman–Crippen LogP) is 4.83. The summed E-state index contributed by atoms with van der Waals surface area (Å²) in [5.74, 6) is 0.388. The second-order valence-corrected chi connectivity index (χ2v) is 7.12. The van der Waals surface area contributed by atoms with Crippen molar-refractivity contribution in [3.05, 3.63) is 95.2 Å². The Bertz CT molecular complexity index is 1310. The van der Waals surface area contributed by atoms with Gasteiger partial charge in [-0.15, -0.1) is 0 Å². The quantitative estimate of drug-likeness (QED) is 0.493. The fraction of sp³-hybridized carbons (Fsp3) is 0.0800. The summed E-state index contributed by atoms with van der Waals surface area (Å²) in [6, 6.07) is 23.5. The van der Waals surface area contributed by atoms with Gasteiger partial charge in [0.2, 0.25) is 0 Å². The Labute approximate surface area is 179 Å². The monoisotopic (exact) mass is 408 g/mol. The van der Waals surface area contributed by atoms with E-state index in [1.54, 1.807) is 30.3 Å². The molecule has 1 amide bonds. The van der Waals surface area contributed by atoms with Gasteiger partial charge in [-0.2, -0.15) is 5.26 Å². The van der Waals surface area contributed by atoms with Crippen LogP contribution in [0.2, 0.25) is 0 Å². The highest BCUT2D eigenvalue weighted by molar-refractivity contribution is 6.06. The molecule has 0 unspecified atom stereocenters. The van der Waals surface area contributed by atoms with Crippen LogP contribution in [0.15, 0.2) is 72.8 Å². The second-order valence-electron chi connectivity index (χ2n) is 7.12. The fourth-order valence-corrected chi connectivity index (χ4v) is 3.32. The van der Waals surface area contributed by atoms with E-state index in [1.807, 2.05) is 49.4 Å². The Morgan fingerprint density at radius 1 is 1.10 bits per heavy atom. The van der Waals surface area contributed by atoms with Crippen molar-refractivity contribution in [1.82, 2.24) is 4.98 Å². The first-order valence-electron chi connectivity index (χ1n) is 9.72. The molecule has 0 aliphatic rings. The molecule has 0 bridgehead atoms. The molecule has 0 saturated heterocycles. The van der Waals surface area contributed by atoms with E-state index in [0.29, 0.717) is 28.3 Å². The summed E-state index contributed by atoms with van der Waals surface area (Å²) >= 11 is 0. The number of aromatic nitrogens is 1. The van der Waals surface area contributed by atoms with E-state index in [2.05, 4.69) is 16.4 Å². The van der Waals surface area contributed by atoms with E-state index >= 15 is 0 Å². The average molecular weight is 408 g/mol. The summed E-state index contributed by atoms with van der Waals surface area (Å²) in [5, 5.41) is 12.6. The summed E-state index contributed by atoms with van der Waals surface area (Å²) in [4.78, 5) is 17.4. The van der Waals surface area contributed by atoms with Crippen molar-refractivity contribution in [3.8, 4) is 11.8 Å². The molecular weight excluding hydrogens is 388 g/mol. The number of amides is 1. The van der Waals surface area contributed by atoms with Crippen LogP contribution in [-0.2, 0) is 6.61 Å². The molecule has 4 rings (SSSR count). The van der Waals surface area contributed by atoms with Gasteiger partial charge in [0.1, 0.15) is 12.4 Å². The van der Waals surface area contributed by atoms with Crippen molar-refractivity contribution in [2.45, 2.75) is 13.5 Å². The van der Waals surface area contributed by atoms with Crippen LogP contribution in [0.25, 0.3) is 10.9 Å². The number of nitrogens with one attached hydrogen (secondary N) is 1. The van der Waals surface area contributed by atoms with E-state index in [4.69, 9.17) is 15.7 Å². The smallest absolute Gasteiger partial charge is 0.256 e. The Hall–Kier alpha value is -4.37. The van der Waals surface area contributed by atoms with Gasteiger partial charge in [0.05, 0.1) is 17.1 Å². The Kier molecular flexibility index (Phi) is 5.50. The number of anilines is 2. The first-order chi connectivity index (χ1) is 15.0. The normalized spacial score (nSPS) is 10.5. The van der Waals surface area contributed by atoms with Gasteiger partial charge in [-0.1, -0.05) is 18.2 Å². The minimum absolute atomic E-state index is 0.226. The zero-order valence-electron chi connectivity index (χ0n) is 16.9. The number of pyridine rings is 1. The highest BCUT2D eigenvalue weighted by Crippen LogP contribution is 2.25. The highest BCUT2D eigenvalue weighted by atomic mass is 16.5. The number of carbonyl (C=O) groups is 1. The number of rotatable bonds is 5. The Morgan fingerprint density at radius 2 is 1.87 bits per heavy atom. The second kappa shape index (κ2) is 8.56. The molecule has 6 nitrogen and oxygen atoms in total. The van der Waals surface area contributed by atoms with Crippen LogP contribution in [0.3, 0.4) is 0 Å². The largest absolute Gasteiger partial charge is 0.489 e. The molecule has 6 heteroatoms. The zero-order valence-corrected chi connectivity index (χ0v) is 16.9. The molecule has 0 saturated carbocycles. The summed E-state index contributed by atoms with van der Waals surface area (Å²) in [6.07, 6.45) is 0. The van der Waals surface area contributed by atoms with Crippen LogP contribution in [0.1, 0.15) is 27.2 Å². The molecule has 0 spiro atoms.